The zero-order valence-corrected chi connectivity index (χ0v) is 15.8. The Morgan fingerprint density at radius 3 is 2.38 bits per heavy atom. The monoisotopic (exact) mass is 406 g/mol. The molecule has 3 aromatic rings. The van der Waals surface area contributed by atoms with Crippen LogP contribution in [0.2, 0.25) is 0 Å². The fourth-order valence-electron chi connectivity index (χ4n) is 3.53. The third-order valence-electron chi connectivity index (χ3n) is 4.64. The summed E-state index contributed by atoms with van der Waals surface area (Å²) in [6, 6.07) is 26.7. The van der Waals surface area contributed by atoms with E-state index < -0.39 is 0 Å². The first-order valence-corrected chi connectivity index (χ1v) is 9.42. The van der Waals surface area contributed by atoms with Crippen molar-refractivity contribution in [2.75, 3.05) is 11.9 Å². The highest BCUT2D eigenvalue weighted by atomic mass is 79.9. The molecular formula is C22H19BrN2O. The minimum Gasteiger partial charge on any atom is -0.325 e. The highest BCUT2D eigenvalue weighted by molar-refractivity contribution is 9.10. The summed E-state index contributed by atoms with van der Waals surface area (Å²) in [4.78, 5) is 14.8. The molecule has 3 aromatic carbocycles. The Kier molecular flexibility index (Phi) is 4.87. The van der Waals surface area contributed by atoms with Gasteiger partial charge in [-0.25, -0.2) is 0 Å². The summed E-state index contributed by atoms with van der Waals surface area (Å²) >= 11 is 3.59. The van der Waals surface area contributed by atoms with Crippen molar-refractivity contribution in [3.05, 3.63) is 100 Å². The van der Waals surface area contributed by atoms with Crippen molar-refractivity contribution < 1.29 is 4.79 Å². The van der Waals surface area contributed by atoms with Crippen molar-refractivity contribution in [2.45, 2.75) is 12.6 Å². The molecule has 0 radical (unpaired) electrons. The van der Waals surface area contributed by atoms with Crippen LogP contribution in [0.15, 0.2) is 83.3 Å². The van der Waals surface area contributed by atoms with Gasteiger partial charge in [0.05, 0.1) is 12.6 Å². The van der Waals surface area contributed by atoms with Crippen LogP contribution in [0.3, 0.4) is 0 Å². The maximum Gasteiger partial charge on any atom is 0.238 e. The van der Waals surface area contributed by atoms with Gasteiger partial charge >= 0.3 is 0 Å². The Bertz CT molecular complexity index is 912. The number of carbonyl (C=O) groups excluding carboxylic acids is 1. The van der Waals surface area contributed by atoms with Crippen LogP contribution in [-0.4, -0.2) is 17.4 Å². The first kappa shape index (κ1) is 17.0. The normalized spacial score (nSPS) is 17.3. The molecule has 3 nitrogen and oxygen atoms in total. The van der Waals surface area contributed by atoms with E-state index in [1.54, 1.807) is 0 Å². The number of amides is 1. The standard InChI is InChI=1S/C22H19BrN2O/c23-18-11-12-20-19(13-18)22(17-9-5-2-6-10-17)25(15-21(26)24-20)14-16-7-3-1-4-8-16/h1-13,22H,14-15H2,(H,24,26). The van der Waals surface area contributed by atoms with E-state index >= 15 is 0 Å². The molecule has 1 N–H and O–H groups in total. The number of rotatable bonds is 3. The second-order valence-corrected chi connectivity index (χ2v) is 7.40. The van der Waals surface area contributed by atoms with Crippen LogP contribution < -0.4 is 5.32 Å². The highest BCUT2D eigenvalue weighted by Crippen LogP contribution is 2.37. The van der Waals surface area contributed by atoms with Crippen molar-refractivity contribution in [2.24, 2.45) is 0 Å². The Morgan fingerprint density at radius 2 is 1.65 bits per heavy atom. The molecule has 1 heterocycles. The fraction of sp³-hybridized carbons (Fsp3) is 0.136. The molecule has 1 aliphatic heterocycles. The number of hydrogen-bond donors (Lipinski definition) is 1. The molecule has 1 amide bonds. The Balaban J connectivity index is 1.83. The van der Waals surface area contributed by atoms with Crippen molar-refractivity contribution in [3.8, 4) is 0 Å². The summed E-state index contributed by atoms with van der Waals surface area (Å²) in [6.45, 7) is 1.06. The Hall–Kier alpha value is -2.43. The number of halogens is 1. The summed E-state index contributed by atoms with van der Waals surface area (Å²) in [5.74, 6) is 0.0166. The molecule has 1 atom stereocenters. The van der Waals surface area contributed by atoms with E-state index in [1.807, 2.05) is 48.5 Å². The van der Waals surface area contributed by atoms with Crippen LogP contribution in [0, 0.1) is 0 Å². The van der Waals surface area contributed by atoms with Gasteiger partial charge in [0, 0.05) is 16.7 Å². The number of anilines is 1. The smallest absolute Gasteiger partial charge is 0.238 e. The lowest BCUT2D eigenvalue weighted by Crippen LogP contribution is -2.33. The predicted molar refractivity (Wildman–Crippen MR) is 108 cm³/mol. The van der Waals surface area contributed by atoms with Crippen LogP contribution >= 0.6 is 15.9 Å². The maximum atomic E-state index is 12.5. The molecule has 0 saturated heterocycles. The zero-order valence-electron chi connectivity index (χ0n) is 14.2. The molecule has 1 unspecified atom stereocenters. The predicted octanol–water partition coefficient (Wildman–Crippen LogP) is 4.99. The van der Waals surface area contributed by atoms with E-state index in [1.165, 1.54) is 11.1 Å². The molecule has 4 rings (SSSR count). The fourth-order valence-corrected chi connectivity index (χ4v) is 3.91. The number of fused-ring (bicyclic) bond motifs is 1. The van der Waals surface area contributed by atoms with Crippen LogP contribution in [0.25, 0.3) is 0 Å². The van der Waals surface area contributed by atoms with Gasteiger partial charge in [0.2, 0.25) is 5.91 Å². The lowest BCUT2D eigenvalue weighted by atomic mass is 9.95. The number of nitrogens with zero attached hydrogens (tertiary/aromatic N) is 1. The minimum absolute atomic E-state index is 0.00264. The van der Waals surface area contributed by atoms with Gasteiger partial charge in [-0.15, -0.1) is 0 Å². The third-order valence-corrected chi connectivity index (χ3v) is 5.13. The van der Waals surface area contributed by atoms with E-state index in [9.17, 15) is 4.79 Å². The van der Waals surface area contributed by atoms with E-state index in [0.29, 0.717) is 13.1 Å². The summed E-state index contributed by atoms with van der Waals surface area (Å²) < 4.78 is 1.01. The molecule has 0 spiro atoms. The van der Waals surface area contributed by atoms with Crippen LogP contribution in [0.5, 0.6) is 0 Å². The average Bonchev–Trinajstić information content (AvgIpc) is 2.78. The van der Waals surface area contributed by atoms with Gasteiger partial charge < -0.3 is 5.32 Å². The lowest BCUT2D eigenvalue weighted by Gasteiger charge is -2.30. The van der Waals surface area contributed by atoms with E-state index in [0.717, 1.165) is 15.7 Å². The maximum absolute atomic E-state index is 12.5. The zero-order chi connectivity index (χ0) is 17.9. The van der Waals surface area contributed by atoms with Gasteiger partial charge in [0.15, 0.2) is 0 Å². The quantitative estimate of drug-likeness (QED) is 0.663. The SMILES string of the molecule is O=C1CN(Cc2ccccc2)C(c2ccccc2)c2cc(Br)ccc2N1. The van der Waals surface area contributed by atoms with Gasteiger partial charge in [0.25, 0.3) is 0 Å². The topological polar surface area (TPSA) is 32.3 Å². The first-order chi connectivity index (χ1) is 12.7. The van der Waals surface area contributed by atoms with Gasteiger partial charge in [-0.3, -0.25) is 9.69 Å². The van der Waals surface area contributed by atoms with Crippen LogP contribution in [-0.2, 0) is 11.3 Å². The molecule has 4 heteroatoms. The number of hydrogen-bond acceptors (Lipinski definition) is 2. The summed E-state index contributed by atoms with van der Waals surface area (Å²) in [5.41, 5.74) is 4.36. The molecule has 0 saturated carbocycles. The van der Waals surface area contributed by atoms with Crippen molar-refractivity contribution >= 4 is 27.5 Å². The molecule has 26 heavy (non-hydrogen) atoms. The molecule has 0 aliphatic carbocycles. The minimum atomic E-state index is 0.00264. The Labute approximate surface area is 161 Å². The summed E-state index contributed by atoms with van der Waals surface area (Å²) in [6.07, 6.45) is 0. The third kappa shape index (κ3) is 3.57. The molecule has 130 valence electrons. The van der Waals surface area contributed by atoms with Crippen molar-refractivity contribution in [1.29, 1.82) is 0 Å². The molecule has 0 bridgehead atoms. The number of benzene rings is 3. The Morgan fingerprint density at radius 1 is 0.962 bits per heavy atom. The molecule has 1 aliphatic rings. The van der Waals surface area contributed by atoms with Crippen molar-refractivity contribution in [1.82, 2.24) is 4.90 Å². The second-order valence-electron chi connectivity index (χ2n) is 6.48. The molecule has 0 fully saturated rings. The largest absolute Gasteiger partial charge is 0.325 e. The lowest BCUT2D eigenvalue weighted by molar-refractivity contribution is -0.117. The van der Waals surface area contributed by atoms with Crippen LogP contribution in [0.1, 0.15) is 22.7 Å². The summed E-state index contributed by atoms with van der Waals surface area (Å²) in [5, 5.41) is 3.06. The number of nitrogens with one attached hydrogen (secondary N) is 1. The van der Waals surface area contributed by atoms with Gasteiger partial charge in [-0.05, 0) is 34.9 Å². The van der Waals surface area contributed by atoms with Crippen LogP contribution in [0.4, 0.5) is 5.69 Å². The van der Waals surface area contributed by atoms with Gasteiger partial charge in [-0.1, -0.05) is 76.6 Å². The average molecular weight is 407 g/mol. The van der Waals surface area contributed by atoms with E-state index in [2.05, 4.69) is 56.5 Å². The number of carbonyl (C=O) groups is 1. The second kappa shape index (κ2) is 7.44. The first-order valence-electron chi connectivity index (χ1n) is 8.63. The highest BCUT2D eigenvalue weighted by Gasteiger charge is 2.30. The molecule has 0 aromatic heterocycles. The van der Waals surface area contributed by atoms with E-state index in [-0.39, 0.29) is 11.9 Å². The summed E-state index contributed by atoms with van der Waals surface area (Å²) in [7, 11) is 0. The van der Waals surface area contributed by atoms with Gasteiger partial charge in [0.1, 0.15) is 0 Å². The van der Waals surface area contributed by atoms with Crippen molar-refractivity contribution in [3.63, 3.8) is 0 Å². The van der Waals surface area contributed by atoms with Gasteiger partial charge in [-0.2, -0.15) is 0 Å². The molecular weight excluding hydrogens is 388 g/mol. The van der Waals surface area contributed by atoms with E-state index in [4.69, 9.17) is 0 Å².